The number of piperidine rings is 1. The standard InChI is InChI=1S/C21H24F2N6O3/c22-21(23)18(30)16(32-19(21)29-9-7-17(25)27-20(29)31)12-28-8-6-15(24)13(11-28)10-26-14-4-2-1-3-5-14/h1-5,7,9-10,13,16,18-19,24,30H,6,8,11-12H2,(H2,25,27,31)/t13?,16-,18-,19-/m1/s1. The fourth-order valence-corrected chi connectivity index (χ4v) is 3.91. The van der Waals surface area contributed by atoms with Crippen LogP contribution in [0.5, 0.6) is 0 Å². The first-order valence-electron chi connectivity index (χ1n) is 10.2. The van der Waals surface area contributed by atoms with E-state index < -0.39 is 30.0 Å². The average molecular weight is 446 g/mol. The number of nitrogens with zero attached hydrogens (tertiary/aromatic N) is 4. The molecule has 3 heterocycles. The Kier molecular flexibility index (Phi) is 6.13. The molecule has 1 unspecified atom stereocenters. The normalized spacial score (nSPS) is 28.4. The number of halogens is 2. The molecule has 9 nitrogen and oxygen atoms in total. The van der Waals surface area contributed by atoms with Gasteiger partial charge in [-0.05, 0) is 24.6 Å². The SMILES string of the molecule is N=C1CCN(C[C@H]2O[C@@H](n3ccc(N)nc3=O)C(F)(F)[C@@H]2O)CC1C=Nc1ccccc1. The first-order chi connectivity index (χ1) is 15.3. The Hall–Kier alpha value is -3.02. The van der Waals surface area contributed by atoms with Gasteiger partial charge in [0.15, 0.2) is 0 Å². The zero-order chi connectivity index (χ0) is 22.9. The van der Waals surface area contributed by atoms with E-state index in [1.54, 1.807) is 6.21 Å². The third-order valence-electron chi connectivity index (χ3n) is 5.68. The summed E-state index contributed by atoms with van der Waals surface area (Å²) in [5.41, 5.74) is 5.71. The van der Waals surface area contributed by atoms with E-state index >= 15 is 0 Å². The number of likely N-dealkylation sites (tertiary alicyclic amines) is 1. The van der Waals surface area contributed by atoms with E-state index in [1.807, 2.05) is 35.2 Å². The Bertz CT molecular complexity index is 1060. The Morgan fingerprint density at radius 3 is 2.81 bits per heavy atom. The Morgan fingerprint density at radius 1 is 1.34 bits per heavy atom. The molecular weight excluding hydrogens is 422 g/mol. The molecule has 4 rings (SSSR count). The van der Waals surface area contributed by atoms with E-state index in [-0.39, 0.29) is 18.3 Å². The molecule has 1 aromatic heterocycles. The molecule has 2 fully saturated rings. The van der Waals surface area contributed by atoms with Crippen LogP contribution in [0, 0.1) is 11.3 Å². The van der Waals surface area contributed by atoms with Gasteiger partial charge in [0.2, 0.25) is 6.23 Å². The third-order valence-corrected chi connectivity index (χ3v) is 5.68. The zero-order valence-corrected chi connectivity index (χ0v) is 17.1. The largest absolute Gasteiger partial charge is 0.384 e. The maximum absolute atomic E-state index is 14.8. The predicted octanol–water partition coefficient (Wildman–Crippen LogP) is 1.46. The van der Waals surface area contributed by atoms with Crippen molar-refractivity contribution < 1.29 is 18.6 Å². The summed E-state index contributed by atoms with van der Waals surface area (Å²) < 4.78 is 35.6. The fourth-order valence-electron chi connectivity index (χ4n) is 3.91. The van der Waals surface area contributed by atoms with Crippen molar-refractivity contribution in [3.63, 3.8) is 0 Å². The van der Waals surface area contributed by atoms with E-state index in [9.17, 15) is 18.7 Å². The molecule has 0 aliphatic carbocycles. The van der Waals surface area contributed by atoms with Crippen molar-refractivity contribution in [2.24, 2.45) is 10.9 Å². The number of aliphatic imine (C=N–C) groups is 1. The first kappa shape index (κ1) is 22.2. The highest BCUT2D eigenvalue weighted by atomic mass is 19.3. The van der Waals surface area contributed by atoms with Crippen molar-refractivity contribution in [3.8, 4) is 0 Å². The maximum atomic E-state index is 14.8. The van der Waals surface area contributed by atoms with Crippen LogP contribution >= 0.6 is 0 Å². The van der Waals surface area contributed by atoms with Crippen LogP contribution in [-0.4, -0.2) is 69.2 Å². The van der Waals surface area contributed by atoms with E-state index in [0.29, 0.717) is 29.8 Å². The number of nitrogens with two attached hydrogens (primary N) is 1. The smallest absolute Gasteiger partial charge is 0.351 e. The van der Waals surface area contributed by atoms with Gasteiger partial charge in [0.1, 0.15) is 18.0 Å². The fraction of sp³-hybridized carbons (Fsp3) is 0.429. The van der Waals surface area contributed by atoms with Crippen molar-refractivity contribution in [1.29, 1.82) is 5.41 Å². The van der Waals surface area contributed by atoms with Gasteiger partial charge in [-0.1, -0.05) is 18.2 Å². The topological polar surface area (TPSA) is 130 Å². The highest BCUT2D eigenvalue weighted by Gasteiger charge is 2.59. The Balaban J connectivity index is 1.45. The second-order valence-electron chi connectivity index (χ2n) is 7.94. The molecule has 2 saturated heterocycles. The molecule has 1 aromatic carbocycles. The quantitative estimate of drug-likeness (QED) is 0.597. The number of alkyl halides is 2. The summed E-state index contributed by atoms with van der Waals surface area (Å²) in [6.07, 6.45) is -2.09. The molecule has 11 heteroatoms. The molecule has 170 valence electrons. The van der Waals surface area contributed by atoms with Crippen LogP contribution in [0.15, 0.2) is 52.4 Å². The van der Waals surface area contributed by atoms with Crippen molar-refractivity contribution in [2.75, 3.05) is 25.4 Å². The summed E-state index contributed by atoms with van der Waals surface area (Å²) in [6.45, 7) is 0.884. The van der Waals surface area contributed by atoms with Crippen LogP contribution in [-0.2, 0) is 4.74 Å². The number of aliphatic hydroxyl groups is 1. The lowest BCUT2D eigenvalue weighted by molar-refractivity contribution is -0.140. The number of aliphatic hydroxyl groups excluding tert-OH is 1. The molecule has 0 spiro atoms. The number of nitrogen functional groups attached to an aromatic ring is 1. The van der Waals surface area contributed by atoms with E-state index in [2.05, 4.69) is 9.98 Å². The molecule has 0 radical (unpaired) electrons. The highest BCUT2D eigenvalue weighted by molar-refractivity contribution is 5.98. The van der Waals surface area contributed by atoms with Crippen LogP contribution in [0.2, 0.25) is 0 Å². The van der Waals surface area contributed by atoms with Crippen LogP contribution in [0.3, 0.4) is 0 Å². The minimum atomic E-state index is -3.69. The van der Waals surface area contributed by atoms with Gasteiger partial charge in [0.05, 0.1) is 5.69 Å². The van der Waals surface area contributed by atoms with Crippen LogP contribution in [0.1, 0.15) is 12.6 Å². The number of nitrogens with one attached hydrogen (secondary N) is 1. The summed E-state index contributed by atoms with van der Waals surface area (Å²) in [5, 5.41) is 18.5. The number of aromatic nitrogens is 2. The molecule has 32 heavy (non-hydrogen) atoms. The molecular formula is C21H24F2N6O3. The number of ether oxygens (including phenoxy) is 1. The van der Waals surface area contributed by atoms with Gasteiger partial charge in [0.25, 0.3) is 0 Å². The molecule has 4 atom stereocenters. The van der Waals surface area contributed by atoms with Gasteiger partial charge in [-0.3, -0.25) is 14.5 Å². The molecule has 2 aliphatic rings. The number of hydrogen-bond acceptors (Lipinski definition) is 8. The molecule has 0 amide bonds. The number of rotatable bonds is 5. The maximum Gasteiger partial charge on any atom is 0.351 e. The molecule has 0 bridgehead atoms. The van der Waals surface area contributed by atoms with Gasteiger partial charge in [0, 0.05) is 43.7 Å². The lowest BCUT2D eigenvalue weighted by atomic mass is 9.96. The second kappa shape index (κ2) is 8.85. The summed E-state index contributed by atoms with van der Waals surface area (Å²) in [4.78, 5) is 21.7. The molecule has 0 saturated carbocycles. The highest BCUT2D eigenvalue weighted by Crippen LogP contribution is 2.42. The van der Waals surface area contributed by atoms with Crippen molar-refractivity contribution in [2.45, 2.75) is 30.8 Å². The van der Waals surface area contributed by atoms with Gasteiger partial charge < -0.3 is 21.0 Å². The predicted molar refractivity (Wildman–Crippen MR) is 115 cm³/mol. The Morgan fingerprint density at radius 2 is 2.09 bits per heavy atom. The van der Waals surface area contributed by atoms with Gasteiger partial charge >= 0.3 is 11.6 Å². The van der Waals surface area contributed by atoms with Gasteiger partial charge in [-0.15, -0.1) is 0 Å². The summed E-state index contributed by atoms with van der Waals surface area (Å²) >= 11 is 0. The molecule has 4 N–H and O–H groups in total. The van der Waals surface area contributed by atoms with Crippen molar-refractivity contribution >= 4 is 23.4 Å². The monoisotopic (exact) mass is 446 g/mol. The number of anilines is 1. The van der Waals surface area contributed by atoms with Crippen LogP contribution in [0.25, 0.3) is 0 Å². The lowest BCUT2D eigenvalue weighted by Gasteiger charge is -2.33. The van der Waals surface area contributed by atoms with Gasteiger partial charge in [-0.25, -0.2) is 4.79 Å². The van der Waals surface area contributed by atoms with Crippen LogP contribution < -0.4 is 11.4 Å². The van der Waals surface area contributed by atoms with Crippen LogP contribution in [0.4, 0.5) is 20.3 Å². The molecule has 2 aliphatic heterocycles. The summed E-state index contributed by atoms with van der Waals surface area (Å²) in [5.74, 6) is -4.06. The summed E-state index contributed by atoms with van der Waals surface area (Å²) in [6, 6.07) is 10.5. The first-order valence-corrected chi connectivity index (χ1v) is 10.2. The minimum Gasteiger partial charge on any atom is -0.384 e. The summed E-state index contributed by atoms with van der Waals surface area (Å²) in [7, 11) is 0. The van der Waals surface area contributed by atoms with Crippen molar-refractivity contribution in [3.05, 3.63) is 53.1 Å². The van der Waals surface area contributed by atoms with Gasteiger partial charge in [-0.2, -0.15) is 13.8 Å². The zero-order valence-electron chi connectivity index (χ0n) is 17.1. The number of hydrogen-bond donors (Lipinski definition) is 3. The van der Waals surface area contributed by atoms with E-state index in [4.69, 9.17) is 15.9 Å². The van der Waals surface area contributed by atoms with E-state index in [1.165, 1.54) is 6.07 Å². The number of benzene rings is 1. The minimum absolute atomic E-state index is 0.0212. The van der Waals surface area contributed by atoms with E-state index in [0.717, 1.165) is 11.9 Å². The third kappa shape index (κ3) is 4.45. The Labute approximate surface area is 182 Å². The second-order valence-corrected chi connectivity index (χ2v) is 7.94. The molecule has 2 aromatic rings. The number of para-hydroxylation sites is 1. The average Bonchev–Trinajstić information content (AvgIpc) is 2.98. The van der Waals surface area contributed by atoms with Crippen molar-refractivity contribution in [1.82, 2.24) is 14.5 Å². The lowest BCUT2D eigenvalue weighted by Crippen LogP contribution is -2.48.